The van der Waals surface area contributed by atoms with Gasteiger partial charge in [-0.25, -0.2) is 0 Å². The Kier molecular flexibility index (Phi) is 4.71. The molecular weight excluding hydrogens is 382 g/mol. The first kappa shape index (κ1) is 18.8. The molecule has 1 atom stereocenters. The summed E-state index contributed by atoms with van der Waals surface area (Å²) in [5, 5.41) is 2.18. The van der Waals surface area contributed by atoms with Gasteiger partial charge in [-0.15, -0.1) is 11.3 Å². The first-order valence-electron chi connectivity index (χ1n) is 10.5. The Morgan fingerprint density at radius 1 is 1.10 bits per heavy atom. The van der Waals surface area contributed by atoms with Crippen LogP contribution in [0.5, 0.6) is 0 Å². The first-order chi connectivity index (χ1) is 14.0. The van der Waals surface area contributed by atoms with Crippen LogP contribution in [0.25, 0.3) is 0 Å². The maximum absolute atomic E-state index is 13.0. The van der Waals surface area contributed by atoms with Crippen molar-refractivity contribution < 1.29 is 9.59 Å². The number of likely N-dealkylation sites (tertiary alicyclic amines) is 1. The SMILES string of the molecule is Cc1ccc(N2C[C@H](C(=O)N3CC(N4CCc5sccc5C4)C3)CC2=O)cc1C. The van der Waals surface area contributed by atoms with Gasteiger partial charge in [-0.05, 0) is 60.5 Å². The highest BCUT2D eigenvalue weighted by molar-refractivity contribution is 7.10. The number of carbonyl (C=O) groups is 2. The molecule has 4 heterocycles. The van der Waals surface area contributed by atoms with E-state index in [4.69, 9.17) is 0 Å². The Hall–Kier alpha value is -2.18. The zero-order chi connectivity index (χ0) is 20.1. The fourth-order valence-corrected chi connectivity index (χ4v) is 5.61. The van der Waals surface area contributed by atoms with Crippen LogP contribution in [-0.4, -0.2) is 53.8 Å². The Morgan fingerprint density at radius 3 is 2.72 bits per heavy atom. The van der Waals surface area contributed by atoms with Gasteiger partial charge >= 0.3 is 0 Å². The van der Waals surface area contributed by atoms with Gasteiger partial charge in [0.25, 0.3) is 0 Å². The number of aryl methyl sites for hydroxylation is 2. The lowest BCUT2D eigenvalue weighted by Crippen LogP contribution is -2.62. The van der Waals surface area contributed by atoms with E-state index in [0.29, 0.717) is 19.0 Å². The van der Waals surface area contributed by atoms with Gasteiger partial charge in [0.05, 0.1) is 5.92 Å². The standard InChI is InChI=1S/C23H27N3O2S/c1-15-3-4-19(9-16(15)2)26-12-18(10-22(26)27)23(28)25-13-20(14-25)24-7-5-21-17(11-24)6-8-29-21/h3-4,6,8-9,18,20H,5,7,10-14H2,1-2H3/t18-/m1/s1. The van der Waals surface area contributed by atoms with Crippen LogP contribution in [0.2, 0.25) is 0 Å². The van der Waals surface area contributed by atoms with Crippen molar-refractivity contribution in [2.24, 2.45) is 5.92 Å². The number of fused-ring (bicyclic) bond motifs is 1. The summed E-state index contributed by atoms with van der Waals surface area (Å²) in [5.41, 5.74) is 4.75. The van der Waals surface area contributed by atoms with E-state index < -0.39 is 0 Å². The highest BCUT2D eigenvalue weighted by atomic mass is 32.1. The Morgan fingerprint density at radius 2 is 1.93 bits per heavy atom. The van der Waals surface area contributed by atoms with Crippen molar-refractivity contribution in [2.45, 2.75) is 39.3 Å². The van der Waals surface area contributed by atoms with Gasteiger partial charge in [0.1, 0.15) is 0 Å². The van der Waals surface area contributed by atoms with E-state index in [2.05, 4.69) is 36.3 Å². The average molecular weight is 410 g/mol. The highest BCUT2D eigenvalue weighted by Crippen LogP contribution is 2.31. The van der Waals surface area contributed by atoms with Crippen molar-refractivity contribution >= 4 is 28.8 Å². The van der Waals surface area contributed by atoms with E-state index in [9.17, 15) is 9.59 Å². The van der Waals surface area contributed by atoms with Gasteiger partial charge < -0.3 is 9.80 Å². The number of carbonyl (C=O) groups excluding carboxylic acids is 2. The minimum atomic E-state index is -0.213. The van der Waals surface area contributed by atoms with Crippen LogP contribution in [0.1, 0.15) is 28.0 Å². The zero-order valence-electron chi connectivity index (χ0n) is 17.1. The summed E-state index contributed by atoms with van der Waals surface area (Å²) >= 11 is 1.86. The first-order valence-corrected chi connectivity index (χ1v) is 11.3. The second-order valence-corrected chi connectivity index (χ2v) is 9.66. The van der Waals surface area contributed by atoms with Crippen LogP contribution in [0.15, 0.2) is 29.6 Å². The molecule has 2 amide bonds. The zero-order valence-corrected chi connectivity index (χ0v) is 17.9. The fraction of sp³-hybridized carbons (Fsp3) is 0.478. The summed E-state index contributed by atoms with van der Waals surface area (Å²) < 4.78 is 0. The predicted molar refractivity (Wildman–Crippen MR) is 115 cm³/mol. The molecule has 2 saturated heterocycles. The van der Waals surface area contributed by atoms with Gasteiger partial charge in [0.15, 0.2) is 0 Å². The molecule has 152 valence electrons. The van der Waals surface area contributed by atoms with Crippen molar-refractivity contribution in [1.82, 2.24) is 9.80 Å². The molecule has 0 bridgehead atoms. The molecule has 1 aromatic heterocycles. The van der Waals surface area contributed by atoms with Crippen molar-refractivity contribution in [3.63, 3.8) is 0 Å². The summed E-state index contributed by atoms with van der Waals surface area (Å²) in [6, 6.07) is 8.78. The molecule has 0 radical (unpaired) electrons. The van der Waals surface area contributed by atoms with Crippen molar-refractivity contribution in [3.8, 4) is 0 Å². The van der Waals surface area contributed by atoms with E-state index in [1.54, 1.807) is 4.90 Å². The van der Waals surface area contributed by atoms with Gasteiger partial charge in [-0.2, -0.15) is 0 Å². The smallest absolute Gasteiger partial charge is 0.228 e. The van der Waals surface area contributed by atoms with Gasteiger partial charge in [-0.1, -0.05) is 6.07 Å². The largest absolute Gasteiger partial charge is 0.339 e. The van der Waals surface area contributed by atoms with Crippen LogP contribution in [0, 0.1) is 19.8 Å². The van der Waals surface area contributed by atoms with Crippen LogP contribution < -0.4 is 4.90 Å². The third-order valence-electron chi connectivity index (χ3n) is 6.80. The number of anilines is 1. The Bertz CT molecular complexity index is 963. The molecule has 5 rings (SSSR count). The topological polar surface area (TPSA) is 43.9 Å². The van der Waals surface area contributed by atoms with E-state index >= 15 is 0 Å². The number of amides is 2. The summed E-state index contributed by atoms with van der Waals surface area (Å²) in [4.78, 5) is 33.3. The summed E-state index contributed by atoms with van der Waals surface area (Å²) in [6.45, 7) is 8.32. The highest BCUT2D eigenvalue weighted by Gasteiger charge is 2.42. The second-order valence-electron chi connectivity index (χ2n) is 8.66. The lowest BCUT2D eigenvalue weighted by atomic mass is 9.99. The second kappa shape index (κ2) is 7.26. The minimum Gasteiger partial charge on any atom is -0.339 e. The number of hydrogen-bond acceptors (Lipinski definition) is 4. The third kappa shape index (κ3) is 3.38. The van der Waals surface area contributed by atoms with E-state index in [1.165, 1.54) is 21.6 Å². The minimum absolute atomic E-state index is 0.0599. The van der Waals surface area contributed by atoms with Crippen molar-refractivity contribution in [2.75, 3.05) is 31.1 Å². The quantitative estimate of drug-likeness (QED) is 0.783. The molecular formula is C23H27N3O2S. The molecule has 0 unspecified atom stereocenters. The predicted octanol–water partition coefficient (Wildman–Crippen LogP) is 2.99. The van der Waals surface area contributed by atoms with Gasteiger partial charge in [0.2, 0.25) is 11.8 Å². The molecule has 5 nitrogen and oxygen atoms in total. The number of thiophene rings is 1. The molecule has 0 spiro atoms. The average Bonchev–Trinajstić information content (AvgIpc) is 3.29. The van der Waals surface area contributed by atoms with Crippen LogP contribution in [-0.2, 0) is 22.6 Å². The van der Waals surface area contributed by atoms with Crippen LogP contribution in [0.3, 0.4) is 0 Å². The molecule has 2 aromatic rings. The number of benzene rings is 1. The molecule has 0 aliphatic carbocycles. The maximum atomic E-state index is 13.0. The fourth-order valence-electron chi connectivity index (χ4n) is 4.72. The van der Waals surface area contributed by atoms with Crippen LogP contribution >= 0.6 is 11.3 Å². The third-order valence-corrected chi connectivity index (χ3v) is 7.83. The monoisotopic (exact) mass is 409 g/mol. The van der Waals surface area contributed by atoms with E-state index in [0.717, 1.165) is 38.3 Å². The Labute approximate surface area is 175 Å². The molecule has 0 N–H and O–H groups in total. The molecule has 3 aliphatic rings. The van der Waals surface area contributed by atoms with Crippen molar-refractivity contribution in [3.05, 3.63) is 51.2 Å². The molecule has 3 aliphatic heterocycles. The van der Waals surface area contributed by atoms with E-state index in [-0.39, 0.29) is 17.7 Å². The van der Waals surface area contributed by atoms with Gasteiger partial charge in [0, 0.05) is 55.8 Å². The lowest BCUT2D eigenvalue weighted by Gasteiger charge is -2.47. The Balaban J connectivity index is 1.18. The number of hydrogen-bond donors (Lipinski definition) is 0. The number of rotatable bonds is 3. The molecule has 6 heteroatoms. The molecule has 1 aromatic carbocycles. The number of nitrogens with zero attached hydrogens (tertiary/aromatic N) is 3. The van der Waals surface area contributed by atoms with Crippen molar-refractivity contribution in [1.29, 1.82) is 0 Å². The van der Waals surface area contributed by atoms with Crippen LogP contribution in [0.4, 0.5) is 5.69 Å². The molecule has 29 heavy (non-hydrogen) atoms. The summed E-state index contributed by atoms with van der Waals surface area (Å²) in [5.74, 6) is -0.00579. The lowest BCUT2D eigenvalue weighted by molar-refractivity contribution is -0.143. The summed E-state index contributed by atoms with van der Waals surface area (Å²) in [7, 11) is 0. The molecule has 0 saturated carbocycles. The maximum Gasteiger partial charge on any atom is 0.228 e. The molecule has 2 fully saturated rings. The van der Waals surface area contributed by atoms with E-state index in [1.807, 2.05) is 28.4 Å². The normalized spacial score (nSPS) is 22.7. The summed E-state index contributed by atoms with van der Waals surface area (Å²) in [6.07, 6.45) is 1.45. The van der Waals surface area contributed by atoms with Gasteiger partial charge in [-0.3, -0.25) is 14.5 Å².